The van der Waals surface area contributed by atoms with Crippen molar-refractivity contribution in [3.63, 3.8) is 0 Å². The number of thioether (sulfide) groups is 1. The molecule has 3 nitrogen and oxygen atoms in total. The van der Waals surface area contributed by atoms with Crippen LogP contribution in [0, 0.1) is 0 Å². The Morgan fingerprint density at radius 3 is 3.00 bits per heavy atom. The van der Waals surface area contributed by atoms with Crippen LogP contribution in [0.1, 0.15) is 32.6 Å². The van der Waals surface area contributed by atoms with Gasteiger partial charge >= 0.3 is 0 Å². The smallest absolute Gasteiger partial charge is 0.220 e. The third-order valence-corrected chi connectivity index (χ3v) is 3.69. The second kappa shape index (κ2) is 5.61. The van der Waals surface area contributed by atoms with E-state index in [0.29, 0.717) is 13.0 Å². The zero-order valence-electron chi connectivity index (χ0n) is 8.71. The summed E-state index contributed by atoms with van der Waals surface area (Å²) in [5.74, 6) is 1.82. The molecule has 0 radical (unpaired) electrons. The molecule has 0 aromatic carbocycles. The molecule has 1 heterocycles. The minimum absolute atomic E-state index is 0.0668. The molecule has 1 aliphatic rings. The van der Waals surface area contributed by atoms with Gasteiger partial charge in [-0.25, -0.2) is 0 Å². The average molecular weight is 217 g/mol. The van der Waals surface area contributed by atoms with Gasteiger partial charge in [0.2, 0.25) is 5.91 Å². The molecule has 1 unspecified atom stereocenters. The lowest BCUT2D eigenvalue weighted by molar-refractivity contribution is -0.122. The highest BCUT2D eigenvalue weighted by molar-refractivity contribution is 7.99. The minimum Gasteiger partial charge on any atom is -0.387 e. The molecular formula is C10H19NO2S. The number of unbranched alkanes of at least 4 members (excludes halogenated alkanes) is 1. The molecule has 1 atom stereocenters. The van der Waals surface area contributed by atoms with Gasteiger partial charge in [0, 0.05) is 18.7 Å². The Hall–Kier alpha value is -0.220. The molecule has 0 aliphatic carbocycles. The summed E-state index contributed by atoms with van der Waals surface area (Å²) in [6, 6.07) is 0. The first-order chi connectivity index (χ1) is 6.66. The predicted molar refractivity (Wildman–Crippen MR) is 59.4 cm³/mol. The van der Waals surface area contributed by atoms with Crippen LogP contribution >= 0.6 is 11.8 Å². The normalized spacial score (nSPS) is 26.4. The Labute approximate surface area is 89.6 Å². The standard InChI is InChI=1S/C10H19NO2S/c1-2-3-4-9(12)11-7-10(13)5-6-14-8-10/h13H,2-8H2,1H3,(H,11,12). The number of amides is 1. The van der Waals surface area contributed by atoms with Crippen molar-refractivity contribution < 1.29 is 9.90 Å². The van der Waals surface area contributed by atoms with E-state index in [1.165, 1.54) is 0 Å². The van der Waals surface area contributed by atoms with Gasteiger partial charge in [-0.15, -0.1) is 0 Å². The van der Waals surface area contributed by atoms with E-state index in [9.17, 15) is 9.90 Å². The third-order valence-electron chi connectivity index (χ3n) is 2.45. The molecule has 1 rings (SSSR count). The van der Waals surface area contributed by atoms with Crippen molar-refractivity contribution >= 4 is 17.7 Å². The molecule has 1 saturated heterocycles. The molecule has 0 aromatic rings. The molecule has 82 valence electrons. The van der Waals surface area contributed by atoms with Crippen LogP contribution in [0.5, 0.6) is 0 Å². The second-order valence-electron chi connectivity index (χ2n) is 3.91. The van der Waals surface area contributed by atoms with Crippen LogP contribution in [0.25, 0.3) is 0 Å². The van der Waals surface area contributed by atoms with E-state index in [-0.39, 0.29) is 5.91 Å². The predicted octanol–water partition coefficient (Wildman–Crippen LogP) is 1.16. The minimum atomic E-state index is -0.646. The molecule has 1 fully saturated rings. The lowest BCUT2D eigenvalue weighted by Crippen LogP contribution is -2.42. The molecular weight excluding hydrogens is 198 g/mol. The fraction of sp³-hybridized carbons (Fsp3) is 0.900. The Morgan fingerprint density at radius 1 is 1.64 bits per heavy atom. The number of rotatable bonds is 5. The van der Waals surface area contributed by atoms with E-state index in [1.54, 1.807) is 11.8 Å². The van der Waals surface area contributed by atoms with Gasteiger partial charge in [-0.1, -0.05) is 13.3 Å². The van der Waals surface area contributed by atoms with E-state index in [2.05, 4.69) is 12.2 Å². The maximum atomic E-state index is 11.3. The topological polar surface area (TPSA) is 49.3 Å². The molecule has 1 aliphatic heterocycles. The summed E-state index contributed by atoms with van der Waals surface area (Å²) >= 11 is 1.75. The number of nitrogens with one attached hydrogen (secondary N) is 1. The maximum absolute atomic E-state index is 11.3. The first-order valence-electron chi connectivity index (χ1n) is 5.23. The van der Waals surface area contributed by atoms with Crippen LogP contribution in [0.2, 0.25) is 0 Å². The monoisotopic (exact) mass is 217 g/mol. The van der Waals surface area contributed by atoms with Crippen LogP contribution in [0.15, 0.2) is 0 Å². The van der Waals surface area contributed by atoms with Gasteiger partial charge in [0.15, 0.2) is 0 Å². The molecule has 2 N–H and O–H groups in total. The Kier molecular flexibility index (Phi) is 4.75. The number of carbonyl (C=O) groups is 1. The Bertz CT molecular complexity index is 191. The molecule has 1 amide bonds. The summed E-state index contributed by atoms with van der Waals surface area (Å²) in [6.07, 6.45) is 3.35. The van der Waals surface area contributed by atoms with Crippen molar-refractivity contribution in [1.82, 2.24) is 5.32 Å². The van der Waals surface area contributed by atoms with Gasteiger partial charge in [-0.05, 0) is 18.6 Å². The molecule has 0 spiro atoms. The van der Waals surface area contributed by atoms with Crippen molar-refractivity contribution in [3.05, 3.63) is 0 Å². The van der Waals surface area contributed by atoms with Crippen molar-refractivity contribution in [2.24, 2.45) is 0 Å². The SMILES string of the molecule is CCCCC(=O)NCC1(O)CCSC1. The molecule has 0 bridgehead atoms. The van der Waals surface area contributed by atoms with Crippen LogP contribution < -0.4 is 5.32 Å². The maximum Gasteiger partial charge on any atom is 0.220 e. The average Bonchev–Trinajstić information content (AvgIpc) is 2.60. The number of aliphatic hydroxyl groups is 1. The van der Waals surface area contributed by atoms with Gasteiger partial charge in [0.1, 0.15) is 0 Å². The molecule has 0 aromatic heterocycles. The highest BCUT2D eigenvalue weighted by atomic mass is 32.2. The van der Waals surface area contributed by atoms with Crippen molar-refractivity contribution in [3.8, 4) is 0 Å². The van der Waals surface area contributed by atoms with Crippen LogP contribution in [0.3, 0.4) is 0 Å². The highest BCUT2D eigenvalue weighted by Crippen LogP contribution is 2.26. The van der Waals surface area contributed by atoms with Crippen molar-refractivity contribution in [2.45, 2.75) is 38.2 Å². The molecule has 0 saturated carbocycles. The number of hydrogen-bond acceptors (Lipinski definition) is 3. The summed E-state index contributed by atoms with van der Waals surface area (Å²) in [7, 11) is 0. The highest BCUT2D eigenvalue weighted by Gasteiger charge is 2.31. The van der Waals surface area contributed by atoms with Gasteiger partial charge in [-0.3, -0.25) is 4.79 Å². The quantitative estimate of drug-likeness (QED) is 0.726. The van der Waals surface area contributed by atoms with Crippen molar-refractivity contribution in [2.75, 3.05) is 18.1 Å². The van der Waals surface area contributed by atoms with E-state index >= 15 is 0 Å². The van der Waals surface area contributed by atoms with Gasteiger partial charge < -0.3 is 10.4 Å². The summed E-state index contributed by atoms with van der Waals surface area (Å²) in [5, 5.41) is 12.7. The number of carbonyl (C=O) groups excluding carboxylic acids is 1. The Balaban J connectivity index is 2.15. The zero-order valence-corrected chi connectivity index (χ0v) is 9.53. The zero-order chi connectivity index (χ0) is 10.4. The van der Waals surface area contributed by atoms with Crippen LogP contribution in [-0.2, 0) is 4.79 Å². The Morgan fingerprint density at radius 2 is 2.43 bits per heavy atom. The van der Waals surface area contributed by atoms with Gasteiger partial charge in [0.05, 0.1) is 5.60 Å². The van der Waals surface area contributed by atoms with Gasteiger partial charge in [0.25, 0.3) is 0 Å². The first-order valence-corrected chi connectivity index (χ1v) is 6.38. The number of hydrogen-bond donors (Lipinski definition) is 2. The lowest BCUT2D eigenvalue weighted by atomic mass is 10.0. The summed E-state index contributed by atoms with van der Waals surface area (Å²) < 4.78 is 0. The van der Waals surface area contributed by atoms with E-state index < -0.39 is 5.60 Å². The largest absolute Gasteiger partial charge is 0.387 e. The van der Waals surface area contributed by atoms with E-state index in [0.717, 1.165) is 30.8 Å². The van der Waals surface area contributed by atoms with Gasteiger partial charge in [-0.2, -0.15) is 11.8 Å². The van der Waals surface area contributed by atoms with E-state index in [4.69, 9.17) is 0 Å². The summed E-state index contributed by atoms with van der Waals surface area (Å²) in [4.78, 5) is 11.3. The molecule has 14 heavy (non-hydrogen) atoms. The second-order valence-corrected chi connectivity index (χ2v) is 5.01. The first kappa shape index (κ1) is 11.9. The third kappa shape index (κ3) is 3.88. The summed E-state index contributed by atoms with van der Waals surface area (Å²) in [6.45, 7) is 2.48. The van der Waals surface area contributed by atoms with Crippen LogP contribution in [-0.4, -0.2) is 34.7 Å². The summed E-state index contributed by atoms with van der Waals surface area (Å²) in [5.41, 5.74) is -0.646. The fourth-order valence-electron chi connectivity index (χ4n) is 1.42. The van der Waals surface area contributed by atoms with Crippen molar-refractivity contribution in [1.29, 1.82) is 0 Å². The lowest BCUT2D eigenvalue weighted by Gasteiger charge is -2.21. The molecule has 4 heteroatoms. The van der Waals surface area contributed by atoms with E-state index in [1.807, 2.05) is 0 Å². The van der Waals surface area contributed by atoms with Crippen LogP contribution in [0.4, 0.5) is 0 Å². The fourth-order valence-corrected chi connectivity index (χ4v) is 2.72.